The predicted octanol–water partition coefficient (Wildman–Crippen LogP) is 3.96. The van der Waals surface area contributed by atoms with Gasteiger partial charge in [-0.25, -0.2) is 4.79 Å². The number of nitrogens with zero attached hydrogens (tertiary/aromatic N) is 1. The molecule has 0 heterocycles. The standard InChI is InChI=1S/C23H27NO6/c1-3-28-21(25)20(22(26)29-4-2)15-16-24(19-13-9-6-10-14-19)23(27)30-17-18-11-7-5-8-12-18/h5-14,20H,3-4,15-17H2,1-2H3. The molecule has 0 unspecified atom stereocenters. The molecule has 0 aliphatic carbocycles. The van der Waals surface area contributed by atoms with Gasteiger partial charge >= 0.3 is 18.0 Å². The van der Waals surface area contributed by atoms with Gasteiger partial charge in [-0.3, -0.25) is 14.5 Å². The number of hydrogen-bond acceptors (Lipinski definition) is 6. The van der Waals surface area contributed by atoms with Crippen molar-refractivity contribution >= 4 is 23.7 Å². The summed E-state index contributed by atoms with van der Waals surface area (Å²) in [5.74, 6) is -2.44. The second-order valence-electron chi connectivity index (χ2n) is 6.37. The number of esters is 2. The zero-order chi connectivity index (χ0) is 21.8. The third kappa shape index (κ3) is 6.92. The molecule has 0 saturated carbocycles. The Balaban J connectivity index is 2.12. The summed E-state index contributed by atoms with van der Waals surface area (Å²) in [5.41, 5.74) is 1.46. The summed E-state index contributed by atoms with van der Waals surface area (Å²) in [5, 5.41) is 0. The van der Waals surface area contributed by atoms with Gasteiger partial charge in [0.15, 0.2) is 5.92 Å². The Hall–Kier alpha value is -3.35. The SMILES string of the molecule is CCOC(=O)C(CCN(C(=O)OCc1ccccc1)c1ccccc1)C(=O)OCC. The van der Waals surface area contributed by atoms with Crippen LogP contribution in [0.1, 0.15) is 25.8 Å². The van der Waals surface area contributed by atoms with Gasteiger partial charge in [0.25, 0.3) is 0 Å². The fourth-order valence-electron chi connectivity index (χ4n) is 2.81. The fraction of sp³-hybridized carbons (Fsp3) is 0.348. The largest absolute Gasteiger partial charge is 0.465 e. The molecule has 0 atom stereocenters. The van der Waals surface area contributed by atoms with Crippen LogP contribution in [0.25, 0.3) is 0 Å². The molecular weight excluding hydrogens is 386 g/mol. The van der Waals surface area contributed by atoms with E-state index in [0.29, 0.717) is 5.69 Å². The Morgan fingerprint density at radius 1 is 0.800 bits per heavy atom. The molecule has 0 aliphatic rings. The molecule has 0 N–H and O–H groups in total. The maximum atomic E-state index is 12.8. The average molecular weight is 413 g/mol. The van der Waals surface area contributed by atoms with Gasteiger partial charge in [-0.05, 0) is 38.0 Å². The quantitative estimate of drug-likeness (QED) is 0.333. The van der Waals surface area contributed by atoms with Crippen LogP contribution in [-0.2, 0) is 30.4 Å². The lowest BCUT2D eigenvalue weighted by Crippen LogP contribution is -2.37. The molecule has 7 nitrogen and oxygen atoms in total. The van der Waals surface area contributed by atoms with Crippen LogP contribution < -0.4 is 4.90 Å². The molecule has 160 valence electrons. The summed E-state index contributed by atoms with van der Waals surface area (Å²) in [6.07, 6.45) is -0.524. The zero-order valence-electron chi connectivity index (χ0n) is 17.3. The van der Waals surface area contributed by atoms with Crippen molar-refractivity contribution in [3.8, 4) is 0 Å². The lowest BCUT2D eigenvalue weighted by atomic mass is 10.1. The van der Waals surface area contributed by atoms with Crippen LogP contribution in [0.4, 0.5) is 10.5 Å². The number of para-hydroxylation sites is 1. The number of carbonyl (C=O) groups is 3. The first kappa shape index (κ1) is 22.9. The van der Waals surface area contributed by atoms with Crippen molar-refractivity contribution in [2.24, 2.45) is 5.92 Å². The van der Waals surface area contributed by atoms with Gasteiger partial charge in [-0.1, -0.05) is 48.5 Å². The summed E-state index contributed by atoms with van der Waals surface area (Å²) < 4.78 is 15.4. The highest BCUT2D eigenvalue weighted by molar-refractivity contribution is 5.95. The van der Waals surface area contributed by atoms with Crippen molar-refractivity contribution < 1.29 is 28.6 Å². The molecule has 0 aromatic heterocycles. The zero-order valence-corrected chi connectivity index (χ0v) is 17.3. The van der Waals surface area contributed by atoms with E-state index in [2.05, 4.69) is 0 Å². The van der Waals surface area contributed by atoms with Crippen molar-refractivity contribution in [2.75, 3.05) is 24.7 Å². The summed E-state index contributed by atoms with van der Waals surface area (Å²) >= 11 is 0. The lowest BCUT2D eigenvalue weighted by Gasteiger charge is -2.24. The molecule has 2 aromatic carbocycles. The number of ether oxygens (including phenoxy) is 3. The molecule has 0 radical (unpaired) electrons. The van der Waals surface area contributed by atoms with Gasteiger partial charge < -0.3 is 14.2 Å². The Morgan fingerprint density at radius 2 is 1.33 bits per heavy atom. The number of hydrogen-bond donors (Lipinski definition) is 0. The van der Waals surface area contributed by atoms with Crippen LogP contribution in [0.2, 0.25) is 0 Å². The average Bonchev–Trinajstić information content (AvgIpc) is 2.76. The van der Waals surface area contributed by atoms with Crippen LogP contribution in [0.15, 0.2) is 60.7 Å². The van der Waals surface area contributed by atoms with Crippen molar-refractivity contribution in [1.82, 2.24) is 0 Å². The third-order valence-electron chi connectivity index (χ3n) is 4.28. The number of carbonyl (C=O) groups excluding carboxylic acids is 3. The Kier molecular flexibility index (Phi) is 9.37. The van der Waals surface area contributed by atoms with E-state index in [4.69, 9.17) is 14.2 Å². The number of amides is 1. The highest BCUT2D eigenvalue weighted by Crippen LogP contribution is 2.19. The Morgan fingerprint density at radius 3 is 1.87 bits per heavy atom. The summed E-state index contributed by atoms with van der Waals surface area (Å²) in [4.78, 5) is 38.7. The molecule has 2 aromatic rings. The van der Waals surface area contributed by atoms with Gasteiger partial charge in [0, 0.05) is 12.2 Å². The van der Waals surface area contributed by atoms with E-state index in [1.807, 2.05) is 36.4 Å². The van der Waals surface area contributed by atoms with E-state index in [1.165, 1.54) is 4.90 Å². The molecule has 0 spiro atoms. The summed E-state index contributed by atoms with van der Waals surface area (Å²) in [6.45, 7) is 3.82. The summed E-state index contributed by atoms with van der Waals surface area (Å²) in [6, 6.07) is 18.3. The maximum absolute atomic E-state index is 12.8. The van der Waals surface area contributed by atoms with E-state index >= 15 is 0 Å². The second kappa shape index (κ2) is 12.3. The fourth-order valence-corrected chi connectivity index (χ4v) is 2.81. The first-order valence-corrected chi connectivity index (χ1v) is 9.93. The van der Waals surface area contributed by atoms with Gasteiger partial charge in [-0.2, -0.15) is 0 Å². The van der Waals surface area contributed by atoms with E-state index in [1.54, 1.807) is 38.1 Å². The molecule has 30 heavy (non-hydrogen) atoms. The highest BCUT2D eigenvalue weighted by Gasteiger charge is 2.31. The molecule has 0 aliphatic heterocycles. The van der Waals surface area contributed by atoms with Crippen molar-refractivity contribution in [3.63, 3.8) is 0 Å². The van der Waals surface area contributed by atoms with Gasteiger partial charge in [-0.15, -0.1) is 0 Å². The van der Waals surface area contributed by atoms with Crippen molar-refractivity contribution in [2.45, 2.75) is 26.9 Å². The van der Waals surface area contributed by atoms with Gasteiger partial charge in [0.05, 0.1) is 13.2 Å². The topological polar surface area (TPSA) is 82.1 Å². The summed E-state index contributed by atoms with van der Waals surface area (Å²) in [7, 11) is 0. The normalized spacial score (nSPS) is 10.4. The van der Waals surface area contributed by atoms with E-state index in [9.17, 15) is 14.4 Å². The molecule has 0 bridgehead atoms. The second-order valence-corrected chi connectivity index (χ2v) is 6.37. The van der Waals surface area contributed by atoms with Gasteiger partial charge in [0.2, 0.25) is 0 Å². The smallest absolute Gasteiger partial charge is 0.414 e. The van der Waals surface area contributed by atoms with E-state index in [-0.39, 0.29) is 32.8 Å². The predicted molar refractivity (Wildman–Crippen MR) is 112 cm³/mol. The van der Waals surface area contributed by atoms with Crippen LogP contribution in [-0.4, -0.2) is 37.8 Å². The Bertz CT molecular complexity index is 791. The van der Waals surface area contributed by atoms with Gasteiger partial charge in [0.1, 0.15) is 6.61 Å². The Labute approximate surface area is 176 Å². The van der Waals surface area contributed by atoms with Crippen LogP contribution in [0.3, 0.4) is 0 Å². The minimum absolute atomic E-state index is 0.0486. The van der Waals surface area contributed by atoms with Crippen molar-refractivity contribution in [3.05, 3.63) is 66.2 Å². The molecular formula is C23H27NO6. The van der Waals surface area contributed by atoms with E-state index < -0.39 is 23.9 Å². The van der Waals surface area contributed by atoms with E-state index in [0.717, 1.165) is 5.56 Å². The number of anilines is 1. The van der Waals surface area contributed by atoms with Crippen molar-refractivity contribution in [1.29, 1.82) is 0 Å². The number of rotatable bonds is 10. The monoisotopic (exact) mass is 413 g/mol. The minimum atomic E-state index is -1.11. The molecule has 0 fully saturated rings. The van der Waals surface area contributed by atoms with Crippen LogP contribution in [0.5, 0.6) is 0 Å². The first-order valence-electron chi connectivity index (χ1n) is 9.93. The van der Waals surface area contributed by atoms with Crippen LogP contribution in [0, 0.1) is 5.92 Å². The third-order valence-corrected chi connectivity index (χ3v) is 4.28. The maximum Gasteiger partial charge on any atom is 0.414 e. The number of benzene rings is 2. The molecule has 1 amide bonds. The minimum Gasteiger partial charge on any atom is -0.465 e. The highest BCUT2D eigenvalue weighted by atomic mass is 16.6. The lowest BCUT2D eigenvalue weighted by molar-refractivity contribution is -0.161. The molecule has 7 heteroatoms. The first-order chi connectivity index (χ1) is 14.6. The molecule has 0 saturated heterocycles. The molecule has 2 rings (SSSR count). The van der Waals surface area contributed by atoms with Crippen LogP contribution >= 0.6 is 0 Å².